The third kappa shape index (κ3) is 2.86. The van der Waals surface area contributed by atoms with Crippen molar-refractivity contribution in [2.75, 3.05) is 4.90 Å². The van der Waals surface area contributed by atoms with Crippen LogP contribution in [0, 0.1) is 12.7 Å². The highest BCUT2D eigenvalue weighted by molar-refractivity contribution is 9.10. The highest BCUT2D eigenvalue weighted by Gasteiger charge is 2.26. The molecule has 0 aliphatic carbocycles. The van der Waals surface area contributed by atoms with Gasteiger partial charge in [0.15, 0.2) is 0 Å². The van der Waals surface area contributed by atoms with E-state index in [4.69, 9.17) is 17.3 Å². The Hall–Kier alpha value is -1.52. The van der Waals surface area contributed by atoms with Crippen LogP contribution in [0.2, 0.25) is 5.02 Å². The second kappa shape index (κ2) is 6.17. The Morgan fingerprint density at radius 3 is 2.78 bits per heavy atom. The lowest BCUT2D eigenvalue weighted by molar-refractivity contribution is 0.598. The van der Waals surface area contributed by atoms with E-state index in [-0.39, 0.29) is 11.9 Å². The Morgan fingerprint density at radius 1 is 1.30 bits per heavy atom. The smallest absolute Gasteiger partial charge is 0.129 e. The summed E-state index contributed by atoms with van der Waals surface area (Å²) in [5, 5.41) is 0.480. The van der Waals surface area contributed by atoms with Crippen molar-refractivity contribution in [3.63, 3.8) is 0 Å². The van der Waals surface area contributed by atoms with Crippen LogP contribution in [0.3, 0.4) is 0 Å². The van der Waals surface area contributed by atoms with Crippen molar-refractivity contribution in [2.45, 2.75) is 26.4 Å². The number of rotatable bonds is 2. The van der Waals surface area contributed by atoms with Gasteiger partial charge >= 0.3 is 0 Å². The van der Waals surface area contributed by atoms with Crippen LogP contribution in [0.15, 0.2) is 40.9 Å². The van der Waals surface area contributed by atoms with E-state index in [0.717, 1.165) is 27.0 Å². The first-order chi connectivity index (χ1) is 10.9. The van der Waals surface area contributed by atoms with E-state index in [1.807, 2.05) is 38.1 Å². The zero-order chi connectivity index (χ0) is 16.7. The maximum absolute atomic E-state index is 14.3. The Morgan fingerprint density at radius 2 is 2.04 bits per heavy atom. The first kappa shape index (κ1) is 16.3. The number of nitrogens with two attached hydrogens (primary N) is 1. The van der Waals surface area contributed by atoms with E-state index in [9.17, 15) is 4.39 Å². The summed E-state index contributed by atoms with van der Waals surface area (Å²) in [7, 11) is 0. The lowest BCUT2D eigenvalue weighted by atomic mass is 9.99. The molecule has 5 heteroatoms. The average Bonchev–Trinajstić information content (AvgIpc) is 2.51. The van der Waals surface area contributed by atoms with Crippen LogP contribution >= 0.6 is 27.5 Å². The number of para-hydroxylation sites is 1. The van der Waals surface area contributed by atoms with Crippen molar-refractivity contribution in [3.05, 3.63) is 68.4 Å². The minimum atomic E-state index is -0.288. The number of hydrogen-bond donors (Lipinski definition) is 1. The molecule has 23 heavy (non-hydrogen) atoms. The molecule has 1 aliphatic rings. The van der Waals surface area contributed by atoms with Crippen LogP contribution in [0.25, 0.3) is 5.70 Å². The highest BCUT2D eigenvalue weighted by Crippen LogP contribution is 2.39. The van der Waals surface area contributed by atoms with Gasteiger partial charge in [0.05, 0.1) is 10.7 Å². The van der Waals surface area contributed by atoms with Crippen LogP contribution in [0.1, 0.15) is 23.6 Å². The summed E-state index contributed by atoms with van der Waals surface area (Å²) >= 11 is 9.93. The van der Waals surface area contributed by atoms with Crippen LogP contribution in [-0.2, 0) is 6.54 Å². The number of aryl methyl sites for hydroxylation is 1. The quantitative estimate of drug-likeness (QED) is 0.751. The predicted octanol–water partition coefficient (Wildman–Crippen LogP) is 5.26. The van der Waals surface area contributed by atoms with Crippen molar-refractivity contribution < 1.29 is 4.39 Å². The van der Waals surface area contributed by atoms with E-state index in [2.05, 4.69) is 20.8 Å². The number of hydrogen-bond acceptors (Lipinski definition) is 2. The highest BCUT2D eigenvalue weighted by atomic mass is 79.9. The monoisotopic (exact) mass is 394 g/mol. The first-order valence-corrected chi connectivity index (χ1v) is 8.53. The van der Waals surface area contributed by atoms with Gasteiger partial charge in [-0.2, -0.15) is 0 Å². The Kier molecular flexibility index (Phi) is 4.39. The summed E-state index contributed by atoms with van der Waals surface area (Å²) in [6.45, 7) is 4.30. The second-order valence-corrected chi connectivity index (χ2v) is 7.02. The molecule has 0 bridgehead atoms. The summed E-state index contributed by atoms with van der Waals surface area (Å²) in [6.07, 6.45) is 1.98. The fraction of sp³-hybridized carbons (Fsp3) is 0.222. The minimum Gasteiger partial charge on any atom is -0.398 e. The molecule has 0 saturated carbocycles. The van der Waals surface area contributed by atoms with Crippen molar-refractivity contribution in [2.24, 2.45) is 5.73 Å². The van der Waals surface area contributed by atoms with E-state index in [1.165, 1.54) is 6.07 Å². The molecular weight excluding hydrogens is 379 g/mol. The molecule has 2 aromatic rings. The van der Waals surface area contributed by atoms with E-state index in [0.29, 0.717) is 17.1 Å². The summed E-state index contributed by atoms with van der Waals surface area (Å²) in [4.78, 5) is 2.11. The summed E-state index contributed by atoms with van der Waals surface area (Å²) < 4.78 is 15.2. The third-order valence-electron chi connectivity index (χ3n) is 4.20. The molecule has 1 atom stereocenters. The second-order valence-electron chi connectivity index (χ2n) is 5.78. The zero-order valence-electron chi connectivity index (χ0n) is 12.9. The van der Waals surface area contributed by atoms with E-state index >= 15 is 0 Å². The number of benzene rings is 2. The molecular formula is C18H17BrClFN2. The van der Waals surface area contributed by atoms with E-state index < -0.39 is 0 Å². The zero-order valence-corrected chi connectivity index (χ0v) is 15.2. The lowest BCUT2D eigenvalue weighted by Crippen LogP contribution is -2.36. The molecule has 1 heterocycles. The van der Waals surface area contributed by atoms with Crippen molar-refractivity contribution >= 4 is 38.9 Å². The topological polar surface area (TPSA) is 29.3 Å². The average molecular weight is 396 g/mol. The van der Waals surface area contributed by atoms with Crippen LogP contribution < -0.4 is 10.6 Å². The van der Waals surface area contributed by atoms with Gasteiger partial charge in [-0.25, -0.2) is 4.39 Å². The standard InChI is InChI=1S/C18H17BrClFN2/c1-10-6-7-15(21)13(17(10)20)9-23-11(2)8-16(22)12-4-3-5-14(19)18(12)23/h3-8,11H,9,22H2,1-2H3. The molecule has 0 spiro atoms. The van der Waals surface area contributed by atoms with Gasteiger partial charge in [-0.3, -0.25) is 0 Å². The Balaban J connectivity index is 2.10. The molecule has 0 fully saturated rings. The minimum absolute atomic E-state index is 0.0391. The summed E-state index contributed by atoms with van der Waals surface area (Å²) in [5.41, 5.74) is 10.2. The van der Waals surface area contributed by atoms with Gasteiger partial charge < -0.3 is 10.6 Å². The van der Waals surface area contributed by atoms with Gasteiger partial charge in [0.2, 0.25) is 0 Å². The van der Waals surface area contributed by atoms with Gasteiger partial charge in [-0.1, -0.05) is 29.8 Å². The molecule has 1 unspecified atom stereocenters. The number of halogens is 3. The van der Waals surface area contributed by atoms with Gasteiger partial charge in [0, 0.05) is 33.9 Å². The molecule has 2 aromatic carbocycles. The number of fused-ring (bicyclic) bond motifs is 1. The van der Waals surface area contributed by atoms with Crippen molar-refractivity contribution in [1.29, 1.82) is 0 Å². The maximum atomic E-state index is 14.3. The largest absolute Gasteiger partial charge is 0.398 e. The summed E-state index contributed by atoms with van der Waals surface area (Å²) in [6, 6.07) is 9.08. The molecule has 1 aliphatic heterocycles. The number of nitrogens with zero attached hydrogens (tertiary/aromatic N) is 1. The van der Waals surface area contributed by atoms with E-state index in [1.54, 1.807) is 6.07 Å². The van der Waals surface area contributed by atoms with Crippen LogP contribution in [0.4, 0.5) is 10.1 Å². The molecule has 0 amide bonds. The fourth-order valence-electron chi connectivity index (χ4n) is 2.94. The molecule has 2 nitrogen and oxygen atoms in total. The Labute approximate surface area is 148 Å². The summed E-state index contributed by atoms with van der Waals surface area (Å²) in [5.74, 6) is -0.288. The van der Waals surface area contributed by atoms with Crippen LogP contribution in [0.5, 0.6) is 0 Å². The normalized spacial score (nSPS) is 17.0. The lowest BCUT2D eigenvalue weighted by Gasteiger charge is -2.36. The third-order valence-corrected chi connectivity index (χ3v) is 5.37. The maximum Gasteiger partial charge on any atom is 0.129 e. The Bertz CT molecular complexity index is 804. The van der Waals surface area contributed by atoms with Crippen molar-refractivity contribution in [1.82, 2.24) is 0 Å². The first-order valence-electron chi connectivity index (χ1n) is 7.36. The molecule has 120 valence electrons. The molecule has 3 rings (SSSR count). The van der Waals surface area contributed by atoms with Gasteiger partial charge in [0.25, 0.3) is 0 Å². The van der Waals surface area contributed by atoms with Crippen molar-refractivity contribution in [3.8, 4) is 0 Å². The number of anilines is 1. The van der Waals surface area contributed by atoms with Gasteiger partial charge in [-0.15, -0.1) is 0 Å². The predicted molar refractivity (Wildman–Crippen MR) is 98.1 cm³/mol. The van der Waals surface area contributed by atoms with Gasteiger partial charge in [0.1, 0.15) is 5.82 Å². The molecule has 2 N–H and O–H groups in total. The van der Waals surface area contributed by atoms with Gasteiger partial charge in [-0.05, 0) is 53.5 Å². The molecule has 0 aromatic heterocycles. The SMILES string of the molecule is Cc1ccc(F)c(CN2c3c(Br)cccc3C(N)=CC2C)c1Cl. The molecule has 0 saturated heterocycles. The fourth-order valence-corrected chi connectivity index (χ4v) is 3.74. The molecule has 0 radical (unpaired) electrons. The van der Waals surface area contributed by atoms with Crippen LogP contribution in [-0.4, -0.2) is 6.04 Å².